The first-order valence-electron chi connectivity index (χ1n) is 11.6. The van der Waals surface area contributed by atoms with E-state index in [1.54, 1.807) is 26.0 Å². The van der Waals surface area contributed by atoms with Gasteiger partial charge in [0.1, 0.15) is 5.82 Å². The number of carbonyl (C=O) groups is 3. The number of fused-ring (bicyclic) bond motifs is 1. The van der Waals surface area contributed by atoms with Crippen LogP contribution in [-0.4, -0.2) is 62.5 Å². The fraction of sp³-hybridized carbons (Fsp3) is 0.480. The molecule has 0 aliphatic carbocycles. The molecule has 2 aliphatic rings. The Bertz CT molecular complexity index is 1090. The molecule has 1 aromatic carbocycles. The van der Waals surface area contributed by atoms with Crippen LogP contribution in [0.3, 0.4) is 0 Å². The quantitative estimate of drug-likeness (QED) is 0.363. The van der Waals surface area contributed by atoms with Crippen LogP contribution in [0, 0.1) is 0 Å². The number of ether oxygens (including phenoxy) is 5. The third kappa shape index (κ3) is 4.84. The molecule has 36 heavy (non-hydrogen) atoms. The summed E-state index contributed by atoms with van der Waals surface area (Å²) in [6, 6.07) is 3.28. The molecule has 196 valence electrons. The van der Waals surface area contributed by atoms with Crippen LogP contribution in [0.2, 0.25) is 0 Å². The zero-order valence-electron chi connectivity index (χ0n) is 21.3. The normalized spacial score (nSPS) is 19.3. The maximum Gasteiger partial charge on any atom is 0.338 e. The van der Waals surface area contributed by atoms with Gasteiger partial charge in [0.15, 0.2) is 11.5 Å². The molecule has 2 aliphatic heterocycles. The van der Waals surface area contributed by atoms with Gasteiger partial charge >= 0.3 is 11.9 Å². The van der Waals surface area contributed by atoms with Gasteiger partial charge in [-0.25, -0.2) is 9.59 Å². The molecule has 2 N–H and O–H groups in total. The first-order chi connectivity index (χ1) is 17.2. The van der Waals surface area contributed by atoms with E-state index in [0.29, 0.717) is 34.3 Å². The predicted molar refractivity (Wildman–Crippen MR) is 133 cm³/mol. The van der Waals surface area contributed by atoms with Crippen molar-refractivity contribution in [2.45, 2.75) is 44.8 Å². The van der Waals surface area contributed by atoms with Gasteiger partial charge in [-0.05, 0) is 38.0 Å². The zero-order valence-corrected chi connectivity index (χ0v) is 22.2. The van der Waals surface area contributed by atoms with Gasteiger partial charge in [-0.3, -0.25) is 9.69 Å². The summed E-state index contributed by atoms with van der Waals surface area (Å²) in [4.78, 5) is 41.0. The molecular formula is C25H32N2O8S. The molecule has 0 spiro atoms. The van der Waals surface area contributed by atoms with Gasteiger partial charge in [0.2, 0.25) is 11.7 Å². The minimum atomic E-state index is -1.01. The van der Waals surface area contributed by atoms with Crippen molar-refractivity contribution in [1.29, 1.82) is 0 Å². The molecule has 0 unspecified atom stereocenters. The second-order valence-electron chi connectivity index (χ2n) is 8.05. The molecule has 3 rings (SSSR count). The Morgan fingerprint density at radius 2 is 1.61 bits per heavy atom. The van der Waals surface area contributed by atoms with E-state index in [9.17, 15) is 14.4 Å². The molecule has 0 aromatic heterocycles. The van der Waals surface area contributed by atoms with Crippen molar-refractivity contribution < 1.29 is 38.1 Å². The molecule has 11 heteroatoms. The van der Waals surface area contributed by atoms with Crippen LogP contribution in [0.25, 0.3) is 0 Å². The van der Waals surface area contributed by atoms with Crippen molar-refractivity contribution in [3.63, 3.8) is 0 Å². The summed E-state index contributed by atoms with van der Waals surface area (Å²) >= 11 is 1.19. The molecule has 1 saturated heterocycles. The Kier molecular flexibility index (Phi) is 8.78. The second kappa shape index (κ2) is 11.6. The van der Waals surface area contributed by atoms with Gasteiger partial charge in [-0.1, -0.05) is 25.1 Å². The summed E-state index contributed by atoms with van der Waals surface area (Å²) in [6.07, 6.45) is 1.46. The number of rotatable bonds is 10. The number of nitrogens with two attached hydrogens (primary N) is 1. The molecule has 0 bridgehead atoms. The maximum absolute atomic E-state index is 13.4. The Morgan fingerprint density at radius 1 is 1.00 bits per heavy atom. The number of hydrogen-bond donors (Lipinski definition) is 1. The average Bonchev–Trinajstić information content (AvgIpc) is 3.16. The van der Waals surface area contributed by atoms with Crippen LogP contribution in [0.5, 0.6) is 17.2 Å². The van der Waals surface area contributed by atoms with E-state index in [4.69, 9.17) is 29.4 Å². The minimum Gasteiger partial charge on any atom is -0.493 e. The third-order valence-electron chi connectivity index (χ3n) is 5.85. The van der Waals surface area contributed by atoms with E-state index in [2.05, 4.69) is 0 Å². The van der Waals surface area contributed by atoms with Gasteiger partial charge in [0.05, 0.1) is 61.9 Å². The fourth-order valence-corrected chi connectivity index (χ4v) is 5.29. The van der Waals surface area contributed by atoms with Gasteiger partial charge in [-0.2, -0.15) is 0 Å². The van der Waals surface area contributed by atoms with Crippen LogP contribution < -0.4 is 19.9 Å². The van der Waals surface area contributed by atoms with Crippen molar-refractivity contribution in [2.75, 3.05) is 34.5 Å². The lowest BCUT2D eigenvalue weighted by molar-refractivity contribution is -0.140. The van der Waals surface area contributed by atoms with Gasteiger partial charge < -0.3 is 29.4 Å². The zero-order chi connectivity index (χ0) is 26.6. The van der Waals surface area contributed by atoms with E-state index in [-0.39, 0.29) is 36.1 Å². The molecule has 0 radical (unpaired) electrons. The lowest BCUT2D eigenvalue weighted by atomic mass is 9.82. The first kappa shape index (κ1) is 27.3. The second-order valence-corrected chi connectivity index (χ2v) is 9.38. The average molecular weight is 521 g/mol. The molecule has 2 atom stereocenters. The fourth-order valence-electron chi connectivity index (χ4n) is 4.13. The van der Waals surface area contributed by atoms with Crippen molar-refractivity contribution in [3.8, 4) is 17.2 Å². The summed E-state index contributed by atoms with van der Waals surface area (Å²) < 4.78 is 27.3. The Morgan fingerprint density at radius 3 is 2.14 bits per heavy atom. The topological polar surface area (TPSA) is 127 Å². The Balaban J connectivity index is 2.33. The largest absolute Gasteiger partial charge is 0.493 e. The highest BCUT2D eigenvalue weighted by Gasteiger charge is 2.49. The highest BCUT2D eigenvalue weighted by atomic mass is 32.2. The molecule has 1 aromatic rings. The van der Waals surface area contributed by atoms with Crippen molar-refractivity contribution >= 4 is 29.6 Å². The number of hydrogen-bond acceptors (Lipinski definition) is 10. The van der Waals surface area contributed by atoms with Crippen LogP contribution in [0.15, 0.2) is 34.1 Å². The summed E-state index contributed by atoms with van der Waals surface area (Å²) in [5, 5.41) is -0.189. The van der Waals surface area contributed by atoms with E-state index in [1.807, 2.05) is 6.92 Å². The summed E-state index contributed by atoms with van der Waals surface area (Å²) in [6.45, 7) is 5.62. The molecule has 2 heterocycles. The SMILES string of the molecule is CCCCOC(=O)C1=C(N)N2C(=O)[C@@H](C)SC2=C(C(=O)OCC)[C@H]1c1cc(OC)c(OC)c(OC)c1. The molecule has 10 nitrogen and oxygen atoms in total. The van der Waals surface area contributed by atoms with E-state index >= 15 is 0 Å². The molecule has 1 amide bonds. The smallest absolute Gasteiger partial charge is 0.338 e. The van der Waals surface area contributed by atoms with Gasteiger partial charge in [0, 0.05) is 0 Å². The lowest BCUT2D eigenvalue weighted by Gasteiger charge is -2.33. The number of unbranched alkanes of at least 4 members (excludes halogenated alkanes) is 1. The highest BCUT2D eigenvalue weighted by Crippen LogP contribution is 2.51. The predicted octanol–water partition coefficient (Wildman–Crippen LogP) is 3.06. The highest BCUT2D eigenvalue weighted by molar-refractivity contribution is 8.04. The monoisotopic (exact) mass is 520 g/mol. The van der Waals surface area contributed by atoms with Crippen molar-refractivity contribution in [1.82, 2.24) is 4.90 Å². The number of carbonyl (C=O) groups excluding carboxylic acids is 3. The summed E-state index contributed by atoms with van der Waals surface area (Å²) in [5.41, 5.74) is 7.02. The number of methoxy groups -OCH3 is 3. The lowest BCUT2D eigenvalue weighted by Crippen LogP contribution is -2.40. The number of esters is 2. The molecule has 1 fully saturated rings. The number of benzene rings is 1. The molecular weight excluding hydrogens is 488 g/mol. The molecule has 0 saturated carbocycles. The van der Waals surface area contributed by atoms with E-state index in [0.717, 1.165) is 6.42 Å². The Labute approximate surface area is 214 Å². The van der Waals surface area contributed by atoms with Crippen LogP contribution in [0.4, 0.5) is 0 Å². The first-order valence-corrected chi connectivity index (χ1v) is 12.5. The number of thioether (sulfide) groups is 1. The van der Waals surface area contributed by atoms with Crippen molar-refractivity contribution in [2.24, 2.45) is 5.73 Å². The summed E-state index contributed by atoms with van der Waals surface area (Å²) in [5.74, 6) is -1.84. The van der Waals surface area contributed by atoms with Crippen LogP contribution >= 0.6 is 11.8 Å². The number of nitrogens with zero attached hydrogens (tertiary/aromatic N) is 1. The Hall–Kier alpha value is -3.34. The van der Waals surface area contributed by atoms with Gasteiger partial charge in [0.25, 0.3) is 0 Å². The third-order valence-corrected chi connectivity index (χ3v) is 7.03. The maximum atomic E-state index is 13.4. The van der Waals surface area contributed by atoms with Crippen LogP contribution in [0.1, 0.15) is 45.1 Å². The number of amides is 1. The van der Waals surface area contributed by atoms with E-state index in [1.165, 1.54) is 38.0 Å². The van der Waals surface area contributed by atoms with Crippen molar-refractivity contribution in [3.05, 3.63) is 39.7 Å². The van der Waals surface area contributed by atoms with E-state index < -0.39 is 23.1 Å². The van der Waals surface area contributed by atoms with Crippen LogP contribution in [-0.2, 0) is 23.9 Å². The standard InChI is InChI=1S/C25H32N2O8S/c1-7-9-10-35-24(29)18-17(14-11-15(31-4)20(33-6)16(12-14)32-5)19(25(30)34-8-2)23-27(21(18)26)22(28)13(3)36-23/h11-13,17H,7-10,26H2,1-6H3/t13-,17+/m1/s1. The minimum absolute atomic E-state index is 0.0322. The van der Waals surface area contributed by atoms with Gasteiger partial charge in [-0.15, -0.1) is 0 Å². The summed E-state index contributed by atoms with van der Waals surface area (Å²) in [7, 11) is 4.40.